The molecule has 27 heavy (non-hydrogen) atoms. The maximum Gasteiger partial charge on any atom is 0.255 e. The van der Waals surface area contributed by atoms with E-state index in [0.29, 0.717) is 11.8 Å². The van der Waals surface area contributed by atoms with Crippen molar-refractivity contribution < 1.29 is 13.6 Å². The van der Waals surface area contributed by atoms with E-state index in [1.807, 2.05) is 19.3 Å². The van der Waals surface area contributed by atoms with Crippen molar-refractivity contribution in [3.63, 3.8) is 0 Å². The van der Waals surface area contributed by atoms with Crippen molar-refractivity contribution >= 4 is 22.8 Å². The Bertz CT molecular complexity index is 765. The van der Waals surface area contributed by atoms with E-state index in [0.717, 1.165) is 49.1 Å². The molecule has 3 atom stereocenters. The number of carbonyl (C=O) groups is 1. The molecule has 0 saturated heterocycles. The molecule has 2 heterocycles. The van der Waals surface area contributed by atoms with Gasteiger partial charge in [0.1, 0.15) is 17.8 Å². The standard InChI is InChI=1S/C19H27F2N5O/c1-12-8-13(19(27)23-9-16(20)21)4-3-5-14(12)10-26(2)18-15-6-7-22-17(15)24-11-25-18/h6-7,11-14,16H,3-5,8-10H2,1-2H3,(H,23,27)(H,22,24,25). The van der Waals surface area contributed by atoms with Gasteiger partial charge in [0.05, 0.1) is 11.9 Å². The first-order chi connectivity index (χ1) is 13.0. The number of alkyl halides is 2. The predicted octanol–water partition coefficient (Wildman–Crippen LogP) is 3.22. The van der Waals surface area contributed by atoms with Gasteiger partial charge in [-0.3, -0.25) is 4.79 Å². The fourth-order valence-electron chi connectivity index (χ4n) is 4.10. The maximum atomic E-state index is 12.3. The van der Waals surface area contributed by atoms with Crippen molar-refractivity contribution in [2.75, 3.05) is 25.0 Å². The average Bonchev–Trinajstić information content (AvgIpc) is 3.05. The molecule has 0 aromatic carbocycles. The molecule has 0 bridgehead atoms. The minimum atomic E-state index is -2.50. The number of nitrogens with zero attached hydrogens (tertiary/aromatic N) is 3. The number of hydrogen-bond acceptors (Lipinski definition) is 4. The molecule has 3 unspecified atom stereocenters. The fraction of sp³-hybridized carbons (Fsp3) is 0.632. The number of fused-ring (bicyclic) bond motifs is 1. The van der Waals surface area contributed by atoms with Gasteiger partial charge >= 0.3 is 0 Å². The molecule has 2 N–H and O–H groups in total. The van der Waals surface area contributed by atoms with Crippen LogP contribution in [-0.4, -0.2) is 47.4 Å². The zero-order valence-electron chi connectivity index (χ0n) is 15.8. The number of nitrogens with one attached hydrogen (secondary N) is 2. The molecule has 1 fully saturated rings. The number of halogens is 2. The third-order valence-electron chi connectivity index (χ3n) is 5.59. The van der Waals surface area contributed by atoms with Gasteiger partial charge in [-0.15, -0.1) is 0 Å². The number of anilines is 1. The summed E-state index contributed by atoms with van der Waals surface area (Å²) >= 11 is 0. The second-order valence-electron chi connectivity index (χ2n) is 7.55. The molecule has 3 rings (SSSR count). The van der Waals surface area contributed by atoms with Crippen LogP contribution in [0.4, 0.5) is 14.6 Å². The van der Waals surface area contributed by atoms with E-state index in [1.54, 1.807) is 6.33 Å². The second kappa shape index (κ2) is 8.63. The summed E-state index contributed by atoms with van der Waals surface area (Å²) in [5, 5.41) is 3.37. The van der Waals surface area contributed by atoms with Crippen LogP contribution in [0.3, 0.4) is 0 Å². The van der Waals surface area contributed by atoms with Gasteiger partial charge in [-0.05, 0) is 37.2 Å². The highest BCUT2D eigenvalue weighted by atomic mass is 19.3. The first-order valence-corrected chi connectivity index (χ1v) is 9.50. The van der Waals surface area contributed by atoms with Crippen molar-refractivity contribution in [3.05, 3.63) is 18.6 Å². The summed E-state index contributed by atoms with van der Waals surface area (Å²) in [6.07, 6.45) is 4.35. The molecule has 1 aliphatic rings. The van der Waals surface area contributed by atoms with Crippen molar-refractivity contribution in [3.8, 4) is 0 Å². The molecule has 148 valence electrons. The van der Waals surface area contributed by atoms with E-state index < -0.39 is 13.0 Å². The van der Waals surface area contributed by atoms with E-state index in [2.05, 4.69) is 32.1 Å². The third-order valence-corrected chi connectivity index (χ3v) is 5.59. The van der Waals surface area contributed by atoms with E-state index in [9.17, 15) is 13.6 Å². The van der Waals surface area contributed by atoms with Crippen LogP contribution in [0.25, 0.3) is 11.0 Å². The topological polar surface area (TPSA) is 73.9 Å². The lowest BCUT2D eigenvalue weighted by Crippen LogP contribution is -2.35. The van der Waals surface area contributed by atoms with Crippen molar-refractivity contribution in [1.82, 2.24) is 20.3 Å². The Morgan fingerprint density at radius 1 is 1.41 bits per heavy atom. The van der Waals surface area contributed by atoms with Gasteiger partial charge in [0.2, 0.25) is 5.91 Å². The Labute approximate surface area is 157 Å². The number of amides is 1. The van der Waals surface area contributed by atoms with Crippen LogP contribution in [0, 0.1) is 17.8 Å². The number of hydrogen-bond donors (Lipinski definition) is 2. The molecular weight excluding hydrogens is 352 g/mol. The van der Waals surface area contributed by atoms with Gasteiger partial charge in [0.25, 0.3) is 6.43 Å². The Balaban J connectivity index is 1.62. The zero-order chi connectivity index (χ0) is 19.4. The van der Waals surface area contributed by atoms with E-state index >= 15 is 0 Å². The summed E-state index contributed by atoms with van der Waals surface area (Å²) in [5.41, 5.74) is 0.816. The second-order valence-corrected chi connectivity index (χ2v) is 7.55. The van der Waals surface area contributed by atoms with E-state index in [-0.39, 0.29) is 11.8 Å². The number of aromatic amines is 1. The lowest BCUT2D eigenvalue weighted by atomic mass is 9.86. The van der Waals surface area contributed by atoms with Crippen molar-refractivity contribution in [2.45, 2.75) is 39.0 Å². The minimum Gasteiger partial charge on any atom is -0.359 e. The van der Waals surface area contributed by atoms with Gasteiger partial charge in [-0.2, -0.15) is 0 Å². The number of rotatable bonds is 6. The van der Waals surface area contributed by atoms with Crippen LogP contribution >= 0.6 is 0 Å². The maximum absolute atomic E-state index is 12.3. The van der Waals surface area contributed by atoms with Crippen LogP contribution in [0.5, 0.6) is 0 Å². The number of aromatic nitrogens is 3. The Morgan fingerprint density at radius 3 is 3.00 bits per heavy atom. The number of H-pyrrole nitrogens is 1. The van der Waals surface area contributed by atoms with Crippen LogP contribution in [0.15, 0.2) is 18.6 Å². The Hall–Kier alpha value is -2.25. The number of carbonyl (C=O) groups excluding carboxylic acids is 1. The molecule has 0 radical (unpaired) electrons. The average molecular weight is 379 g/mol. The van der Waals surface area contributed by atoms with E-state index in [1.165, 1.54) is 0 Å². The molecule has 1 amide bonds. The summed E-state index contributed by atoms with van der Waals surface area (Å²) in [5.74, 6) is 1.24. The SMILES string of the molecule is CC1CC(C(=O)NCC(F)F)CCCC1CN(C)c1ncnc2[nH]ccc12. The lowest BCUT2D eigenvalue weighted by molar-refractivity contribution is -0.126. The molecule has 8 heteroatoms. The van der Waals surface area contributed by atoms with Gasteiger partial charge in [-0.25, -0.2) is 18.7 Å². The van der Waals surface area contributed by atoms with E-state index in [4.69, 9.17) is 0 Å². The lowest BCUT2D eigenvalue weighted by Gasteiger charge is -2.28. The van der Waals surface area contributed by atoms with Gasteiger partial charge in [0.15, 0.2) is 0 Å². The summed E-state index contributed by atoms with van der Waals surface area (Å²) < 4.78 is 24.7. The normalized spacial score (nSPS) is 23.4. The van der Waals surface area contributed by atoms with Crippen molar-refractivity contribution in [2.24, 2.45) is 17.8 Å². The summed E-state index contributed by atoms with van der Waals surface area (Å²) in [7, 11) is 2.03. The molecule has 1 saturated carbocycles. The summed E-state index contributed by atoms with van der Waals surface area (Å²) in [4.78, 5) is 26.1. The minimum absolute atomic E-state index is 0.176. The smallest absolute Gasteiger partial charge is 0.255 e. The van der Waals surface area contributed by atoms with Crippen LogP contribution in [0.2, 0.25) is 0 Å². The first-order valence-electron chi connectivity index (χ1n) is 9.50. The first kappa shape index (κ1) is 19.5. The Kier molecular flexibility index (Phi) is 6.23. The molecule has 0 spiro atoms. The highest BCUT2D eigenvalue weighted by Crippen LogP contribution is 2.34. The summed E-state index contributed by atoms with van der Waals surface area (Å²) in [6, 6.07) is 1.97. The molecule has 2 aromatic heterocycles. The fourth-order valence-corrected chi connectivity index (χ4v) is 4.10. The van der Waals surface area contributed by atoms with Crippen LogP contribution < -0.4 is 10.2 Å². The third kappa shape index (κ3) is 4.73. The summed E-state index contributed by atoms with van der Waals surface area (Å²) in [6.45, 7) is 2.43. The monoisotopic (exact) mass is 379 g/mol. The molecule has 6 nitrogen and oxygen atoms in total. The van der Waals surface area contributed by atoms with Gasteiger partial charge in [0, 0.05) is 25.7 Å². The predicted molar refractivity (Wildman–Crippen MR) is 101 cm³/mol. The molecule has 1 aliphatic carbocycles. The quantitative estimate of drug-likeness (QED) is 0.756. The van der Waals surface area contributed by atoms with Crippen molar-refractivity contribution in [1.29, 1.82) is 0 Å². The highest BCUT2D eigenvalue weighted by molar-refractivity contribution is 5.87. The molecule has 0 aliphatic heterocycles. The molecule has 2 aromatic rings. The largest absolute Gasteiger partial charge is 0.359 e. The highest BCUT2D eigenvalue weighted by Gasteiger charge is 2.30. The van der Waals surface area contributed by atoms with Gasteiger partial charge in [-0.1, -0.05) is 13.3 Å². The zero-order valence-corrected chi connectivity index (χ0v) is 15.8. The van der Waals surface area contributed by atoms with Crippen LogP contribution in [0.1, 0.15) is 32.6 Å². The van der Waals surface area contributed by atoms with Gasteiger partial charge < -0.3 is 15.2 Å². The Morgan fingerprint density at radius 2 is 2.22 bits per heavy atom. The molecular formula is C19H27F2N5O. The van der Waals surface area contributed by atoms with Crippen LogP contribution in [-0.2, 0) is 4.79 Å².